The van der Waals surface area contributed by atoms with Crippen molar-refractivity contribution in [1.29, 1.82) is 0 Å². The van der Waals surface area contributed by atoms with Gasteiger partial charge in [-0.05, 0) is 59.7 Å². The zero-order chi connectivity index (χ0) is 18.5. The summed E-state index contributed by atoms with van der Waals surface area (Å²) in [6, 6.07) is 5.16. The molecule has 0 aliphatic carbocycles. The molecule has 1 amide bonds. The molecule has 0 aliphatic rings. The number of carbonyl (C=O) groups excluding carboxylic acids is 2. The van der Waals surface area contributed by atoms with Gasteiger partial charge in [0, 0.05) is 15.7 Å². The number of halogens is 1. The Labute approximate surface area is 151 Å². The van der Waals surface area contributed by atoms with Gasteiger partial charge in [-0.15, -0.1) is 0 Å². The van der Waals surface area contributed by atoms with E-state index in [2.05, 4.69) is 21.2 Å². The predicted molar refractivity (Wildman–Crippen MR) is 95.0 cm³/mol. The first-order valence-electron chi connectivity index (χ1n) is 7.50. The van der Waals surface area contributed by atoms with E-state index < -0.39 is 23.5 Å². The molecule has 1 aromatic rings. The molecule has 1 aromatic carbocycles. The normalized spacial score (nSPS) is 11.6. The quantitative estimate of drug-likeness (QED) is 0.700. The fraction of sp³-hybridized carbons (Fsp3) is 0.529. The van der Waals surface area contributed by atoms with Crippen LogP contribution in [0, 0.1) is 0 Å². The fourth-order valence-corrected chi connectivity index (χ4v) is 1.96. The third-order valence-corrected chi connectivity index (χ3v) is 3.20. The minimum atomic E-state index is -0.750. The second-order valence-corrected chi connectivity index (χ2v) is 8.04. The molecule has 0 unspecified atom stereocenters. The van der Waals surface area contributed by atoms with Crippen LogP contribution in [0.2, 0.25) is 0 Å². The highest BCUT2D eigenvalue weighted by Gasteiger charge is 2.19. The van der Waals surface area contributed by atoms with Gasteiger partial charge in [0.25, 0.3) is 0 Å². The summed E-state index contributed by atoms with van der Waals surface area (Å²) >= 11 is 3.38. The Balaban J connectivity index is 2.69. The summed E-state index contributed by atoms with van der Waals surface area (Å²) in [5.74, 6) is 0. The van der Waals surface area contributed by atoms with Gasteiger partial charge in [0.05, 0.1) is 0 Å². The molecule has 6 nitrogen and oxygen atoms in total. The minimum absolute atomic E-state index is 0.0132. The number of benzene rings is 1. The molecule has 0 heterocycles. The van der Waals surface area contributed by atoms with Gasteiger partial charge in [0.1, 0.15) is 17.8 Å². The van der Waals surface area contributed by atoms with Crippen LogP contribution in [0.4, 0.5) is 15.3 Å². The van der Waals surface area contributed by atoms with Gasteiger partial charge in [0.15, 0.2) is 0 Å². The number of ether oxygens (including phenoxy) is 3. The number of amides is 1. The second-order valence-electron chi connectivity index (χ2n) is 7.19. The number of nitrogens with one attached hydrogen (secondary N) is 1. The minimum Gasteiger partial charge on any atom is -0.444 e. The van der Waals surface area contributed by atoms with E-state index in [0.29, 0.717) is 11.3 Å². The van der Waals surface area contributed by atoms with Gasteiger partial charge >= 0.3 is 12.2 Å². The van der Waals surface area contributed by atoms with Gasteiger partial charge in [-0.1, -0.05) is 15.9 Å². The maximum absolute atomic E-state index is 11.8. The Morgan fingerprint density at radius 3 is 2.17 bits per heavy atom. The van der Waals surface area contributed by atoms with Crippen LogP contribution < -0.4 is 5.32 Å². The molecule has 0 saturated carbocycles. The molecular weight excluding hydrogens is 378 g/mol. The maximum atomic E-state index is 11.8. The summed E-state index contributed by atoms with van der Waals surface area (Å²) in [6.45, 7) is 10.6. The van der Waals surface area contributed by atoms with Crippen molar-refractivity contribution in [2.24, 2.45) is 0 Å². The molecule has 1 rings (SSSR count). The number of anilines is 1. The summed E-state index contributed by atoms with van der Waals surface area (Å²) < 4.78 is 16.1. The van der Waals surface area contributed by atoms with Crippen LogP contribution in [-0.4, -0.2) is 23.5 Å². The molecule has 7 heteroatoms. The first kappa shape index (κ1) is 20.3. The van der Waals surface area contributed by atoms with E-state index in [9.17, 15) is 9.59 Å². The van der Waals surface area contributed by atoms with Crippen molar-refractivity contribution < 1.29 is 23.8 Å². The van der Waals surface area contributed by atoms with Gasteiger partial charge in [-0.25, -0.2) is 9.59 Å². The lowest BCUT2D eigenvalue weighted by molar-refractivity contribution is -0.0109. The van der Waals surface area contributed by atoms with E-state index >= 15 is 0 Å². The summed E-state index contributed by atoms with van der Waals surface area (Å²) in [5.41, 5.74) is 0.0287. The Kier molecular flexibility index (Phi) is 6.66. The molecule has 0 atom stereocenters. The molecule has 0 radical (unpaired) electrons. The smallest absolute Gasteiger partial charge is 0.444 e. The van der Waals surface area contributed by atoms with E-state index in [1.54, 1.807) is 59.7 Å². The average Bonchev–Trinajstić information content (AvgIpc) is 2.35. The Morgan fingerprint density at radius 2 is 1.62 bits per heavy atom. The van der Waals surface area contributed by atoms with Crippen LogP contribution in [0.25, 0.3) is 0 Å². The third-order valence-electron chi connectivity index (χ3n) is 2.43. The van der Waals surface area contributed by atoms with Gasteiger partial charge < -0.3 is 14.2 Å². The molecule has 134 valence electrons. The predicted octanol–water partition coefficient (Wildman–Crippen LogP) is 5.25. The zero-order valence-corrected chi connectivity index (χ0v) is 16.4. The van der Waals surface area contributed by atoms with E-state index in [1.807, 2.05) is 0 Å². The van der Waals surface area contributed by atoms with Crippen molar-refractivity contribution in [2.75, 3.05) is 5.32 Å². The van der Waals surface area contributed by atoms with Crippen LogP contribution >= 0.6 is 15.9 Å². The summed E-state index contributed by atoms with van der Waals surface area (Å²) in [7, 11) is 0. The molecule has 24 heavy (non-hydrogen) atoms. The third kappa shape index (κ3) is 8.19. The molecular formula is C17H24BrNO5. The molecule has 1 N–H and O–H groups in total. The van der Waals surface area contributed by atoms with Crippen LogP contribution in [0.3, 0.4) is 0 Å². The highest BCUT2D eigenvalue weighted by molar-refractivity contribution is 9.10. The molecule has 0 aliphatic heterocycles. The van der Waals surface area contributed by atoms with E-state index in [-0.39, 0.29) is 6.61 Å². The van der Waals surface area contributed by atoms with Crippen molar-refractivity contribution in [3.8, 4) is 0 Å². The molecule has 0 aromatic heterocycles. The van der Waals surface area contributed by atoms with Crippen LogP contribution in [0.5, 0.6) is 0 Å². The van der Waals surface area contributed by atoms with Crippen molar-refractivity contribution >= 4 is 33.9 Å². The molecule has 0 fully saturated rings. The highest BCUT2D eigenvalue weighted by atomic mass is 79.9. The lowest BCUT2D eigenvalue weighted by atomic mass is 10.2. The standard InChI is InChI=1S/C17H24BrNO5/c1-16(2,3)23-14(20)19-12-7-8-13(18)11(9-12)10-22-15(21)24-17(4,5)6/h7-9H,10H2,1-6H3,(H,19,20). The van der Waals surface area contributed by atoms with E-state index in [0.717, 1.165) is 4.47 Å². The average molecular weight is 402 g/mol. The Hall–Kier alpha value is -1.76. The highest BCUT2D eigenvalue weighted by Crippen LogP contribution is 2.23. The van der Waals surface area contributed by atoms with Crippen molar-refractivity contribution in [3.05, 3.63) is 28.2 Å². The van der Waals surface area contributed by atoms with Crippen molar-refractivity contribution in [1.82, 2.24) is 0 Å². The van der Waals surface area contributed by atoms with E-state index in [4.69, 9.17) is 14.2 Å². The maximum Gasteiger partial charge on any atom is 0.509 e. The van der Waals surface area contributed by atoms with Crippen LogP contribution in [0.1, 0.15) is 47.1 Å². The molecule has 0 saturated heterocycles. The number of hydrogen-bond donors (Lipinski definition) is 1. The summed E-state index contributed by atoms with van der Waals surface area (Å²) in [6.07, 6.45) is -1.30. The van der Waals surface area contributed by atoms with Gasteiger partial charge in [-0.3, -0.25) is 5.32 Å². The first-order chi connectivity index (χ1) is 10.9. The number of hydrogen-bond acceptors (Lipinski definition) is 5. The lowest BCUT2D eigenvalue weighted by Gasteiger charge is -2.20. The van der Waals surface area contributed by atoms with Gasteiger partial charge in [-0.2, -0.15) is 0 Å². The van der Waals surface area contributed by atoms with E-state index in [1.165, 1.54) is 0 Å². The van der Waals surface area contributed by atoms with Crippen molar-refractivity contribution in [2.45, 2.75) is 59.4 Å². The van der Waals surface area contributed by atoms with Gasteiger partial charge in [0.2, 0.25) is 0 Å². The number of carbonyl (C=O) groups is 2. The Bertz CT molecular complexity index is 602. The fourth-order valence-electron chi connectivity index (χ4n) is 1.60. The SMILES string of the molecule is CC(C)(C)OC(=O)Nc1ccc(Br)c(COC(=O)OC(C)(C)C)c1. The second kappa shape index (κ2) is 7.88. The topological polar surface area (TPSA) is 73.9 Å². The van der Waals surface area contributed by atoms with Crippen LogP contribution in [-0.2, 0) is 20.8 Å². The molecule has 0 spiro atoms. The van der Waals surface area contributed by atoms with Crippen molar-refractivity contribution in [3.63, 3.8) is 0 Å². The summed E-state index contributed by atoms with van der Waals surface area (Å²) in [5, 5.41) is 2.64. The monoisotopic (exact) mass is 401 g/mol. The lowest BCUT2D eigenvalue weighted by Crippen LogP contribution is -2.27. The largest absolute Gasteiger partial charge is 0.509 e. The molecule has 0 bridgehead atoms. The first-order valence-corrected chi connectivity index (χ1v) is 8.29. The number of rotatable bonds is 3. The summed E-state index contributed by atoms with van der Waals surface area (Å²) in [4.78, 5) is 23.4. The van der Waals surface area contributed by atoms with Crippen LogP contribution in [0.15, 0.2) is 22.7 Å². The Morgan fingerprint density at radius 1 is 1.04 bits per heavy atom. The zero-order valence-electron chi connectivity index (χ0n) is 14.9.